The Kier molecular flexibility index (Phi) is 8.25. The van der Waals surface area contributed by atoms with Crippen LogP contribution in [0.15, 0.2) is 67.0 Å². The zero-order valence-electron chi connectivity index (χ0n) is 18.1. The summed E-state index contributed by atoms with van der Waals surface area (Å²) in [6.45, 7) is 5.25. The molecule has 3 aromatic rings. The molecule has 2 aromatic carbocycles. The Morgan fingerprint density at radius 1 is 1.00 bits per heavy atom. The number of carbonyl (C=O) groups excluding carboxylic acids is 1. The summed E-state index contributed by atoms with van der Waals surface area (Å²) in [5.74, 6) is -0.137. The summed E-state index contributed by atoms with van der Waals surface area (Å²) in [7, 11) is 0. The Hall–Kier alpha value is -2.88. The van der Waals surface area contributed by atoms with E-state index in [4.69, 9.17) is 4.74 Å². The van der Waals surface area contributed by atoms with Gasteiger partial charge in [-0.1, -0.05) is 54.6 Å². The van der Waals surface area contributed by atoms with Gasteiger partial charge in [-0.2, -0.15) is 5.10 Å². The Labute approximate surface area is 179 Å². The average molecular weight is 405 g/mol. The fourth-order valence-corrected chi connectivity index (χ4v) is 3.86. The number of ether oxygens (including phenoxy) is 1. The van der Waals surface area contributed by atoms with Crippen molar-refractivity contribution >= 4 is 5.97 Å². The van der Waals surface area contributed by atoms with E-state index in [2.05, 4.69) is 66.8 Å². The normalized spacial score (nSPS) is 11.9. The molecule has 30 heavy (non-hydrogen) atoms. The van der Waals surface area contributed by atoms with Crippen LogP contribution in [0.4, 0.5) is 0 Å². The minimum absolute atomic E-state index is 0.0677. The zero-order chi connectivity index (χ0) is 21.2. The smallest absolute Gasteiger partial charge is 0.308 e. The molecule has 0 aliphatic heterocycles. The molecule has 4 nitrogen and oxygen atoms in total. The van der Waals surface area contributed by atoms with Crippen molar-refractivity contribution in [1.82, 2.24) is 9.78 Å². The SMILES string of the molecule is CCOC(=O)C(CCCc1ccccc1)CCc1ccccc1-c1cnn(CC)c1. The molecule has 0 saturated carbocycles. The Balaban J connectivity index is 1.65. The molecule has 0 aliphatic carbocycles. The second kappa shape index (κ2) is 11.3. The third kappa shape index (κ3) is 6.06. The summed E-state index contributed by atoms with van der Waals surface area (Å²) in [4.78, 5) is 12.6. The lowest BCUT2D eigenvalue weighted by Crippen LogP contribution is -2.19. The molecular formula is C26H32N2O2. The van der Waals surface area contributed by atoms with E-state index in [1.165, 1.54) is 16.7 Å². The molecule has 1 aromatic heterocycles. The van der Waals surface area contributed by atoms with E-state index >= 15 is 0 Å². The Morgan fingerprint density at radius 2 is 1.77 bits per heavy atom. The maximum atomic E-state index is 12.6. The summed E-state index contributed by atoms with van der Waals surface area (Å²) in [6.07, 6.45) is 8.48. The molecule has 4 heteroatoms. The van der Waals surface area contributed by atoms with Gasteiger partial charge in [0.1, 0.15) is 0 Å². The van der Waals surface area contributed by atoms with Crippen molar-refractivity contribution in [2.24, 2.45) is 5.92 Å². The molecule has 0 bridgehead atoms. The number of aromatic nitrogens is 2. The van der Waals surface area contributed by atoms with E-state index in [9.17, 15) is 4.79 Å². The van der Waals surface area contributed by atoms with Crippen LogP contribution in [0.2, 0.25) is 0 Å². The molecule has 0 N–H and O–H groups in total. The number of hydrogen-bond acceptors (Lipinski definition) is 3. The minimum atomic E-state index is -0.0694. The van der Waals surface area contributed by atoms with Crippen LogP contribution >= 0.6 is 0 Å². The van der Waals surface area contributed by atoms with Crippen LogP contribution in [-0.4, -0.2) is 22.4 Å². The van der Waals surface area contributed by atoms with Gasteiger partial charge in [0.25, 0.3) is 0 Å². The maximum absolute atomic E-state index is 12.6. The number of aryl methyl sites for hydroxylation is 3. The molecule has 0 aliphatic rings. The lowest BCUT2D eigenvalue weighted by atomic mass is 9.91. The second-order valence-corrected chi connectivity index (χ2v) is 7.61. The molecule has 3 rings (SSSR count). The van der Waals surface area contributed by atoms with Crippen LogP contribution in [0.25, 0.3) is 11.1 Å². The first-order valence-corrected chi connectivity index (χ1v) is 11.0. The van der Waals surface area contributed by atoms with Crippen molar-refractivity contribution < 1.29 is 9.53 Å². The monoisotopic (exact) mass is 404 g/mol. The lowest BCUT2D eigenvalue weighted by molar-refractivity contribution is -0.148. The highest BCUT2D eigenvalue weighted by molar-refractivity contribution is 5.72. The number of esters is 1. The summed E-state index contributed by atoms with van der Waals surface area (Å²) in [6, 6.07) is 18.9. The summed E-state index contributed by atoms with van der Waals surface area (Å²) in [5, 5.41) is 4.41. The van der Waals surface area contributed by atoms with Crippen LogP contribution < -0.4 is 0 Å². The third-order valence-corrected chi connectivity index (χ3v) is 5.53. The van der Waals surface area contributed by atoms with Crippen LogP contribution in [0.1, 0.15) is 44.2 Å². The van der Waals surface area contributed by atoms with Gasteiger partial charge in [-0.25, -0.2) is 0 Å². The van der Waals surface area contributed by atoms with Crippen LogP contribution in [0.3, 0.4) is 0 Å². The Bertz CT molecular complexity index is 918. The average Bonchev–Trinajstić information content (AvgIpc) is 3.26. The predicted octanol–water partition coefficient (Wildman–Crippen LogP) is 5.70. The second-order valence-electron chi connectivity index (χ2n) is 7.61. The number of benzene rings is 2. The number of carbonyl (C=O) groups is 1. The fraction of sp³-hybridized carbons (Fsp3) is 0.385. The van der Waals surface area contributed by atoms with Crippen molar-refractivity contribution in [2.75, 3.05) is 6.61 Å². The molecule has 1 unspecified atom stereocenters. The first kappa shape index (κ1) is 21.8. The van der Waals surface area contributed by atoms with Gasteiger partial charge in [0.2, 0.25) is 0 Å². The highest BCUT2D eigenvalue weighted by Crippen LogP contribution is 2.26. The predicted molar refractivity (Wildman–Crippen MR) is 121 cm³/mol. The van der Waals surface area contributed by atoms with E-state index in [1.807, 2.05) is 23.9 Å². The molecule has 0 fully saturated rings. The van der Waals surface area contributed by atoms with Gasteiger partial charge >= 0.3 is 5.97 Å². The van der Waals surface area contributed by atoms with E-state index in [0.717, 1.165) is 44.2 Å². The van der Waals surface area contributed by atoms with Crippen molar-refractivity contribution in [2.45, 2.75) is 52.5 Å². The molecule has 0 radical (unpaired) electrons. The van der Waals surface area contributed by atoms with Crippen LogP contribution in [0.5, 0.6) is 0 Å². The molecule has 0 amide bonds. The third-order valence-electron chi connectivity index (χ3n) is 5.53. The van der Waals surface area contributed by atoms with Gasteiger partial charge < -0.3 is 4.74 Å². The summed E-state index contributed by atoms with van der Waals surface area (Å²) < 4.78 is 7.32. The highest BCUT2D eigenvalue weighted by Gasteiger charge is 2.20. The van der Waals surface area contributed by atoms with Crippen molar-refractivity contribution in [3.8, 4) is 11.1 Å². The van der Waals surface area contributed by atoms with Crippen molar-refractivity contribution in [1.29, 1.82) is 0 Å². The zero-order valence-corrected chi connectivity index (χ0v) is 18.1. The van der Waals surface area contributed by atoms with Gasteiger partial charge in [-0.15, -0.1) is 0 Å². The number of nitrogens with zero attached hydrogens (tertiary/aromatic N) is 2. The van der Waals surface area contributed by atoms with E-state index in [-0.39, 0.29) is 11.9 Å². The van der Waals surface area contributed by atoms with Crippen molar-refractivity contribution in [3.05, 3.63) is 78.1 Å². The molecule has 0 saturated heterocycles. The largest absolute Gasteiger partial charge is 0.466 e. The highest BCUT2D eigenvalue weighted by atomic mass is 16.5. The fourth-order valence-electron chi connectivity index (χ4n) is 3.86. The molecule has 1 heterocycles. The lowest BCUT2D eigenvalue weighted by Gasteiger charge is -2.16. The quantitative estimate of drug-likeness (QED) is 0.385. The van der Waals surface area contributed by atoms with Crippen molar-refractivity contribution in [3.63, 3.8) is 0 Å². The topological polar surface area (TPSA) is 44.1 Å². The first-order valence-electron chi connectivity index (χ1n) is 11.0. The van der Waals surface area contributed by atoms with Crippen LogP contribution in [-0.2, 0) is 28.9 Å². The van der Waals surface area contributed by atoms with E-state index in [0.29, 0.717) is 6.61 Å². The standard InChI is InChI=1S/C26H32N2O2/c1-3-28-20-24(19-27-28)25-16-9-8-14-22(25)17-18-23(26(29)30-4-2)15-10-13-21-11-6-5-7-12-21/h5-9,11-12,14,16,19-20,23H,3-4,10,13,15,17-18H2,1-2H3. The van der Waals surface area contributed by atoms with Crippen LogP contribution in [0, 0.1) is 5.92 Å². The molecule has 158 valence electrons. The summed E-state index contributed by atoms with van der Waals surface area (Å²) in [5.41, 5.74) is 4.90. The van der Waals surface area contributed by atoms with Gasteiger partial charge in [-0.3, -0.25) is 9.48 Å². The van der Waals surface area contributed by atoms with E-state index in [1.54, 1.807) is 0 Å². The van der Waals surface area contributed by atoms with Gasteiger partial charge in [-0.05, 0) is 62.6 Å². The molecule has 1 atom stereocenters. The van der Waals surface area contributed by atoms with E-state index < -0.39 is 0 Å². The van der Waals surface area contributed by atoms with Gasteiger partial charge in [0.15, 0.2) is 0 Å². The summed E-state index contributed by atoms with van der Waals surface area (Å²) >= 11 is 0. The molecular weight excluding hydrogens is 372 g/mol. The Morgan fingerprint density at radius 3 is 2.50 bits per heavy atom. The maximum Gasteiger partial charge on any atom is 0.308 e. The number of hydrogen-bond donors (Lipinski definition) is 0. The molecule has 0 spiro atoms. The first-order chi connectivity index (χ1) is 14.7. The minimum Gasteiger partial charge on any atom is -0.466 e. The number of rotatable bonds is 11. The van der Waals surface area contributed by atoms with Gasteiger partial charge in [0, 0.05) is 18.3 Å². The van der Waals surface area contributed by atoms with Gasteiger partial charge in [0.05, 0.1) is 18.7 Å².